The summed E-state index contributed by atoms with van der Waals surface area (Å²) in [5.41, 5.74) is 6.91. The third kappa shape index (κ3) is 4.06. The van der Waals surface area contributed by atoms with Crippen LogP contribution in [-0.4, -0.2) is 71.8 Å². The maximum absolute atomic E-state index is 12.9. The molecule has 0 radical (unpaired) electrons. The molecule has 2 aliphatic heterocycles. The molecule has 1 saturated heterocycles. The molecule has 5 rings (SSSR count). The maximum Gasteiger partial charge on any atom is 0.352 e. The quantitative estimate of drug-likeness (QED) is 0.159. The van der Waals surface area contributed by atoms with Crippen LogP contribution in [0.3, 0.4) is 0 Å². The SMILES string of the molecule is CON=CC(=O)NC1(c2csc(N)n2)S[C@H]2CC(=O)N2C(C(=O)O)=C1CSc1nnc2ccccn12. The van der Waals surface area contributed by atoms with Crippen molar-refractivity contribution in [3.63, 3.8) is 0 Å². The molecule has 13 nitrogen and oxygen atoms in total. The summed E-state index contributed by atoms with van der Waals surface area (Å²) in [7, 11) is 1.29. The molecule has 0 bridgehead atoms. The predicted molar refractivity (Wildman–Crippen MR) is 133 cm³/mol. The van der Waals surface area contributed by atoms with Gasteiger partial charge in [0, 0.05) is 22.9 Å². The second kappa shape index (κ2) is 9.44. The standard InChI is InChI=1S/C20H18N8O5S3/c1-33-22-7-13(29)24-20(11-9-34-18(21)23-11)10(16(17(31)32)28-14(30)6-15(28)36-20)8-35-19-26-25-12-4-2-3-5-27(12)19/h2-5,7,9,15H,6,8H2,1H3,(H2,21,23)(H,24,29)(H,31,32)/t15-,20?/m0/s1. The van der Waals surface area contributed by atoms with Gasteiger partial charge in [0.05, 0.1) is 17.5 Å². The summed E-state index contributed by atoms with van der Waals surface area (Å²) >= 11 is 3.58. The fourth-order valence-electron chi connectivity index (χ4n) is 3.93. The van der Waals surface area contributed by atoms with Crippen LogP contribution in [0.4, 0.5) is 5.13 Å². The van der Waals surface area contributed by atoms with Gasteiger partial charge in [-0.05, 0) is 12.1 Å². The number of carboxylic acid groups (broad SMARTS) is 1. The van der Waals surface area contributed by atoms with E-state index in [-0.39, 0.29) is 34.5 Å². The first-order chi connectivity index (χ1) is 17.3. The topological polar surface area (TPSA) is 177 Å². The molecule has 5 heterocycles. The van der Waals surface area contributed by atoms with Crippen LogP contribution in [0.2, 0.25) is 0 Å². The van der Waals surface area contributed by atoms with Crippen molar-refractivity contribution < 1.29 is 24.3 Å². The minimum absolute atomic E-state index is 0.0416. The smallest absolute Gasteiger partial charge is 0.352 e. The predicted octanol–water partition coefficient (Wildman–Crippen LogP) is 1.11. The number of rotatable bonds is 8. The number of hydrogen-bond donors (Lipinski definition) is 3. The number of aliphatic carboxylic acids is 1. The number of carboxylic acids is 1. The lowest BCUT2D eigenvalue weighted by molar-refractivity contribution is -0.146. The number of nitrogen functional groups attached to an aromatic ring is 1. The number of thiazole rings is 1. The highest BCUT2D eigenvalue weighted by atomic mass is 32.2. The van der Waals surface area contributed by atoms with Crippen molar-refractivity contribution >= 4 is 69.6 Å². The van der Waals surface area contributed by atoms with Gasteiger partial charge in [0.2, 0.25) is 5.91 Å². The second-order valence-corrected chi connectivity index (χ2v) is 10.8. The fraction of sp³-hybridized carbons (Fsp3) is 0.250. The van der Waals surface area contributed by atoms with Crippen LogP contribution in [0.25, 0.3) is 5.65 Å². The Morgan fingerprint density at radius 2 is 2.28 bits per heavy atom. The van der Waals surface area contributed by atoms with E-state index < -0.39 is 22.1 Å². The van der Waals surface area contributed by atoms with Crippen molar-refractivity contribution in [2.75, 3.05) is 18.6 Å². The number of hydrogen-bond acceptors (Lipinski definition) is 12. The number of oxime groups is 1. The summed E-state index contributed by atoms with van der Waals surface area (Å²) in [6.07, 6.45) is 2.83. The lowest BCUT2D eigenvalue weighted by Crippen LogP contribution is -2.61. The molecule has 2 amide bonds. The molecule has 3 aromatic rings. The molecule has 2 atom stereocenters. The van der Waals surface area contributed by atoms with Gasteiger partial charge in [-0.25, -0.2) is 9.78 Å². The van der Waals surface area contributed by atoms with Crippen LogP contribution in [-0.2, 0) is 24.1 Å². The number of nitrogens with two attached hydrogens (primary N) is 1. The monoisotopic (exact) mass is 546 g/mol. The molecule has 0 spiro atoms. The average molecular weight is 547 g/mol. The van der Waals surface area contributed by atoms with E-state index in [0.29, 0.717) is 16.5 Å². The molecule has 36 heavy (non-hydrogen) atoms. The minimum atomic E-state index is -1.45. The number of amides is 2. The summed E-state index contributed by atoms with van der Waals surface area (Å²) in [6.45, 7) is 0. The highest BCUT2D eigenvalue weighted by molar-refractivity contribution is 8.01. The Morgan fingerprint density at radius 3 is 2.97 bits per heavy atom. The van der Waals surface area contributed by atoms with Gasteiger partial charge in [-0.15, -0.1) is 21.5 Å². The number of anilines is 1. The largest absolute Gasteiger partial charge is 0.477 e. The van der Waals surface area contributed by atoms with Gasteiger partial charge in [-0.1, -0.05) is 34.7 Å². The van der Waals surface area contributed by atoms with E-state index in [9.17, 15) is 19.5 Å². The molecule has 16 heteroatoms. The Hall–Kier alpha value is -3.63. The maximum atomic E-state index is 12.9. The molecular formula is C20H18N8O5S3. The van der Waals surface area contributed by atoms with Crippen LogP contribution in [0.5, 0.6) is 0 Å². The van der Waals surface area contributed by atoms with Gasteiger partial charge in [0.15, 0.2) is 20.8 Å². The number of β-lactam (4-membered cyclic amide) rings is 1. The van der Waals surface area contributed by atoms with Gasteiger partial charge in [-0.2, -0.15) is 0 Å². The number of pyridine rings is 1. The van der Waals surface area contributed by atoms with Gasteiger partial charge < -0.3 is 21.0 Å². The van der Waals surface area contributed by atoms with Gasteiger partial charge in [0.25, 0.3) is 5.91 Å². The van der Waals surface area contributed by atoms with Crippen LogP contribution in [0.15, 0.2) is 51.4 Å². The zero-order valence-corrected chi connectivity index (χ0v) is 21.0. The zero-order valence-electron chi connectivity index (χ0n) is 18.5. The number of nitrogens with zero attached hydrogens (tertiary/aromatic N) is 6. The zero-order chi connectivity index (χ0) is 25.4. The number of thioether (sulfide) groups is 2. The van der Waals surface area contributed by atoms with E-state index in [1.807, 2.05) is 12.1 Å². The van der Waals surface area contributed by atoms with Gasteiger partial charge in [-0.3, -0.25) is 18.9 Å². The van der Waals surface area contributed by atoms with E-state index in [2.05, 4.69) is 30.5 Å². The van der Waals surface area contributed by atoms with Crippen molar-refractivity contribution in [2.45, 2.75) is 21.8 Å². The summed E-state index contributed by atoms with van der Waals surface area (Å²) in [5, 5.41) is 26.8. The van der Waals surface area contributed by atoms with Gasteiger partial charge >= 0.3 is 5.97 Å². The minimum Gasteiger partial charge on any atom is -0.477 e. The number of nitrogens with one attached hydrogen (secondary N) is 1. The lowest BCUT2D eigenvalue weighted by atomic mass is 9.98. The third-order valence-electron chi connectivity index (χ3n) is 5.46. The van der Waals surface area contributed by atoms with Crippen molar-refractivity contribution in [2.24, 2.45) is 5.16 Å². The molecule has 0 aromatic carbocycles. The van der Waals surface area contributed by atoms with E-state index in [1.54, 1.807) is 22.0 Å². The highest BCUT2D eigenvalue weighted by Crippen LogP contribution is 2.55. The number of aromatic nitrogens is 4. The molecule has 1 fully saturated rings. The van der Waals surface area contributed by atoms with Crippen LogP contribution >= 0.6 is 34.9 Å². The van der Waals surface area contributed by atoms with Gasteiger partial charge in [0.1, 0.15) is 19.0 Å². The molecule has 0 aliphatic carbocycles. The van der Waals surface area contributed by atoms with E-state index in [1.165, 1.54) is 35.5 Å². The number of carbonyl (C=O) groups excluding carboxylic acids is 2. The van der Waals surface area contributed by atoms with E-state index in [0.717, 1.165) is 17.6 Å². The number of carbonyl (C=O) groups is 3. The number of fused-ring (bicyclic) bond motifs is 2. The molecule has 4 N–H and O–H groups in total. The Bertz CT molecular complexity index is 1440. The first kappa shape index (κ1) is 24.1. The Kier molecular flexibility index (Phi) is 6.31. The van der Waals surface area contributed by atoms with Crippen molar-refractivity contribution in [1.82, 2.24) is 29.8 Å². The molecule has 1 unspecified atom stereocenters. The summed E-state index contributed by atoms with van der Waals surface area (Å²) in [5.74, 6) is -2.23. The molecular weight excluding hydrogens is 528 g/mol. The Morgan fingerprint density at radius 1 is 1.44 bits per heavy atom. The normalized spacial score (nSPS) is 21.5. The third-order valence-corrected chi connectivity index (χ3v) is 8.66. The lowest BCUT2D eigenvalue weighted by Gasteiger charge is -2.51. The van der Waals surface area contributed by atoms with Crippen molar-refractivity contribution in [1.29, 1.82) is 0 Å². The van der Waals surface area contributed by atoms with E-state index in [4.69, 9.17) is 5.73 Å². The Labute approximate surface area is 215 Å². The highest BCUT2D eigenvalue weighted by Gasteiger charge is 2.56. The summed E-state index contributed by atoms with van der Waals surface area (Å²) < 4.78 is 1.76. The van der Waals surface area contributed by atoms with Crippen molar-refractivity contribution in [3.8, 4) is 0 Å². The average Bonchev–Trinajstić information content (AvgIpc) is 3.47. The fourth-order valence-corrected chi connectivity index (χ4v) is 7.39. The summed E-state index contributed by atoms with van der Waals surface area (Å²) in [4.78, 5) is 46.7. The first-order valence-corrected chi connectivity index (χ1v) is 13.1. The van der Waals surface area contributed by atoms with Crippen LogP contribution < -0.4 is 11.1 Å². The summed E-state index contributed by atoms with van der Waals surface area (Å²) in [6, 6.07) is 5.43. The van der Waals surface area contributed by atoms with Crippen LogP contribution in [0, 0.1) is 0 Å². The molecule has 2 aliphatic rings. The van der Waals surface area contributed by atoms with E-state index >= 15 is 0 Å². The van der Waals surface area contributed by atoms with Crippen molar-refractivity contribution in [3.05, 3.63) is 46.7 Å². The van der Waals surface area contributed by atoms with Crippen LogP contribution in [0.1, 0.15) is 12.1 Å². The molecule has 3 aromatic heterocycles. The second-order valence-electron chi connectivity index (χ2n) is 7.53. The Balaban J connectivity index is 1.65. The molecule has 0 saturated carbocycles. The molecule has 186 valence electrons. The first-order valence-electron chi connectivity index (χ1n) is 10.3.